The van der Waals surface area contributed by atoms with Crippen molar-refractivity contribution in [3.05, 3.63) is 64.9 Å². The van der Waals surface area contributed by atoms with Gasteiger partial charge in [-0.1, -0.05) is 23.7 Å². The topological polar surface area (TPSA) is 105 Å². The summed E-state index contributed by atoms with van der Waals surface area (Å²) in [6.45, 7) is 0.380. The maximum Gasteiger partial charge on any atom is 0.309 e. The van der Waals surface area contributed by atoms with E-state index in [-0.39, 0.29) is 24.5 Å². The van der Waals surface area contributed by atoms with Crippen molar-refractivity contribution >= 4 is 33.4 Å². The van der Waals surface area contributed by atoms with Gasteiger partial charge in [0.05, 0.1) is 18.0 Å². The van der Waals surface area contributed by atoms with Crippen molar-refractivity contribution in [1.82, 2.24) is 14.9 Å². The van der Waals surface area contributed by atoms with Crippen LogP contribution >= 0.6 is 11.6 Å². The molecule has 3 rings (SSSR count). The zero-order valence-corrected chi connectivity index (χ0v) is 18.0. The number of halogens is 2. The number of nitrogens with one attached hydrogen (secondary N) is 2. The predicted octanol–water partition coefficient (Wildman–Crippen LogP) is 1.65. The van der Waals surface area contributed by atoms with Crippen LogP contribution < -0.4 is 10.6 Å². The Balaban J connectivity index is 1.58. The van der Waals surface area contributed by atoms with E-state index in [9.17, 15) is 22.4 Å². The fourth-order valence-electron chi connectivity index (χ4n) is 2.97. The lowest BCUT2D eigenvalue weighted by Crippen LogP contribution is -2.53. The van der Waals surface area contributed by atoms with E-state index in [4.69, 9.17) is 16.3 Å². The molecule has 2 amide bonds. The predicted molar refractivity (Wildman–Crippen MR) is 111 cm³/mol. The van der Waals surface area contributed by atoms with Crippen molar-refractivity contribution in [1.29, 1.82) is 0 Å². The SMILES string of the molecule is O=C(NCc1ccc(F)cc1)C(=O)NC[C@@H]1OCCCN1S(=O)(=O)c1ccc(Cl)cc1. The van der Waals surface area contributed by atoms with Gasteiger partial charge in [0.25, 0.3) is 0 Å². The van der Waals surface area contributed by atoms with E-state index in [0.717, 1.165) is 4.31 Å². The van der Waals surface area contributed by atoms with E-state index < -0.39 is 33.9 Å². The van der Waals surface area contributed by atoms with Crippen LogP contribution in [0.3, 0.4) is 0 Å². The first-order chi connectivity index (χ1) is 14.8. The Bertz CT molecular complexity index is 1030. The van der Waals surface area contributed by atoms with Gasteiger partial charge in [0.15, 0.2) is 0 Å². The third-order valence-corrected chi connectivity index (χ3v) is 6.74. The fourth-order valence-corrected chi connectivity index (χ4v) is 4.66. The third-order valence-electron chi connectivity index (χ3n) is 4.58. The highest BCUT2D eigenvalue weighted by Gasteiger charge is 2.34. The third kappa shape index (κ3) is 6.01. The van der Waals surface area contributed by atoms with Gasteiger partial charge in [0.2, 0.25) is 10.0 Å². The van der Waals surface area contributed by atoms with E-state index >= 15 is 0 Å². The average molecular weight is 470 g/mol. The Morgan fingerprint density at radius 3 is 2.39 bits per heavy atom. The largest absolute Gasteiger partial charge is 0.360 e. The zero-order valence-electron chi connectivity index (χ0n) is 16.4. The van der Waals surface area contributed by atoms with Crippen LogP contribution in [0, 0.1) is 5.82 Å². The van der Waals surface area contributed by atoms with Gasteiger partial charge < -0.3 is 15.4 Å². The highest BCUT2D eigenvalue weighted by atomic mass is 35.5. The lowest BCUT2D eigenvalue weighted by Gasteiger charge is -2.34. The summed E-state index contributed by atoms with van der Waals surface area (Å²) < 4.78 is 45.5. The van der Waals surface area contributed by atoms with Crippen LogP contribution in [0.1, 0.15) is 12.0 Å². The first-order valence-electron chi connectivity index (χ1n) is 9.47. The molecule has 0 saturated carbocycles. The first-order valence-corrected chi connectivity index (χ1v) is 11.3. The van der Waals surface area contributed by atoms with Gasteiger partial charge in [0.1, 0.15) is 12.0 Å². The van der Waals surface area contributed by atoms with E-state index in [0.29, 0.717) is 23.6 Å². The number of sulfonamides is 1. The van der Waals surface area contributed by atoms with Gasteiger partial charge >= 0.3 is 11.8 Å². The lowest BCUT2D eigenvalue weighted by atomic mass is 10.2. The maximum absolute atomic E-state index is 13.0. The molecule has 0 aliphatic carbocycles. The minimum atomic E-state index is -3.88. The minimum absolute atomic E-state index is 0.0452. The van der Waals surface area contributed by atoms with Gasteiger partial charge in [-0.25, -0.2) is 12.8 Å². The number of nitrogens with zero attached hydrogens (tertiary/aromatic N) is 1. The molecule has 2 aromatic rings. The number of ether oxygens (including phenoxy) is 1. The van der Waals surface area contributed by atoms with Crippen LogP contribution in [0.4, 0.5) is 4.39 Å². The van der Waals surface area contributed by atoms with Crippen LogP contribution in [0.15, 0.2) is 53.4 Å². The number of rotatable bonds is 6. The number of hydrogen-bond donors (Lipinski definition) is 2. The number of carbonyl (C=O) groups excluding carboxylic acids is 2. The molecule has 11 heteroatoms. The summed E-state index contributed by atoms with van der Waals surface area (Å²) in [5.41, 5.74) is 0.624. The average Bonchev–Trinajstić information content (AvgIpc) is 2.77. The molecule has 1 fully saturated rings. The molecule has 1 saturated heterocycles. The van der Waals surface area contributed by atoms with Crippen molar-refractivity contribution < 1.29 is 27.1 Å². The van der Waals surface area contributed by atoms with E-state index in [1.54, 1.807) is 0 Å². The quantitative estimate of drug-likeness (QED) is 0.626. The van der Waals surface area contributed by atoms with Crippen molar-refractivity contribution in [2.24, 2.45) is 0 Å². The lowest BCUT2D eigenvalue weighted by molar-refractivity contribution is -0.140. The summed E-state index contributed by atoms with van der Waals surface area (Å²) in [7, 11) is -3.88. The van der Waals surface area contributed by atoms with E-state index in [2.05, 4.69) is 10.6 Å². The van der Waals surface area contributed by atoms with E-state index in [1.807, 2.05) is 0 Å². The van der Waals surface area contributed by atoms with Gasteiger partial charge in [-0.15, -0.1) is 0 Å². The number of benzene rings is 2. The number of carbonyl (C=O) groups is 2. The van der Waals surface area contributed by atoms with Crippen LogP contribution in [0.5, 0.6) is 0 Å². The standard InChI is InChI=1S/C20H21ClFN3O5S/c21-15-4-8-17(9-5-15)31(28,29)25-10-1-11-30-18(25)13-24-20(27)19(26)23-12-14-2-6-16(22)7-3-14/h2-9,18H,1,10-13H2,(H,23,26)(H,24,27)/t18-/m0/s1. The van der Waals surface area contributed by atoms with Crippen molar-refractivity contribution in [3.8, 4) is 0 Å². The molecule has 1 atom stereocenters. The molecule has 2 N–H and O–H groups in total. The number of amides is 2. The Labute approximate surface area is 184 Å². The smallest absolute Gasteiger partial charge is 0.309 e. The van der Waals surface area contributed by atoms with Crippen molar-refractivity contribution in [3.63, 3.8) is 0 Å². The maximum atomic E-state index is 13.0. The molecule has 166 valence electrons. The molecule has 1 aliphatic heterocycles. The van der Waals surface area contributed by atoms with Gasteiger partial charge in [0, 0.05) is 18.1 Å². The molecule has 0 unspecified atom stereocenters. The van der Waals surface area contributed by atoms with Gasteiger partial charge in [-0.05, 0) is 48.4 Å². The van der Waals surface area contributed by atoms with E-state index in [1.165, 1.54) is 48.5 Å². The van der Waals surface area contributed by atoms with Crippen molar-refractivity contribution in [2.75, 3.05) is 19.7 Å². The summed E-state index contributed by atoms with van der Waals surface area (Å²) in [4.78, 5) is 24.2. The van der Waals surface area contributed by atoms with Crippen LogP contribution in [-0.2, 0) is 30.9 Å². The second kappa shape index (κ2) is 10.2. The number of hydrogen-bond acceptors (Lipinski definition) is 5. The summed E-state index contributed by atoms with van der Waals surface area (Å²) in [5, 5.41) is 5.22. The normalized spacial score (nSPS) is 17.2. The molecular formula is C20H21ClFN3O5S. The van der Waals surface area contributed by atoms with Crippen LogP contribution in [-0.4, -0.2) is 50.5 Å². The molecule has 1 heterocycles. The molecule has 0 radical (unpaired) electrons. The summed E-state index contributed by atoms with van der Waals surface area (Å²) in [6.07, 6.45) is -0.460. The molecule has 8 nitrogen and oxygen atoms in total. The Morgan fingerprint density at radius 1 is 1.06 bits per heavy atom. The highest BCUT2D eigenvalue weighted by Crippen LogP contribution is 2.23. The summed E-state index contributed by atoms with van der Waals surface area (Å²) in [5.74, 6) is -2.23. The fraction of sp³-hybridized carbons (Fsp3) is 0.300. The zero-order chi connectivity index (χ0) is 22.4. The van der Waals surface area contributed by atoms with Gasteiger partial charge in [-0.3, -0.25) is 9.59 Å². The van der Waals surface area contributed by atoms with Gasteiger partial charge in [-0.2, -0.15) is 4.31 Å². The van der Waals surface area contributed by atoms with Crippen LogP contribution in [0.2, 0.25) is 5.02 Å². The van der Waals surface area contributed by atoms with Crippen molar-refractivity contribution in [2.45, 2.75) is 24.1 Å². The molecule has 1 aliphatic rings. The monoisotopic (exact) mass is 469 g/mol. The Morgan fingerprint density at radius 2 is 1.71 bits per heavy atom. The summed E-state index contributed by atoms with van der Waals surface area (Å²) in [6, 6.07) is 11.2. The molecule has 0 bridgehead atoms. The first kappa shape index (κ1) is 23.1. The molecule has 0 spiro atoms. The Kier molecular flexibility index (Phi) is 7.60. The molecule has 31 heavy (non-hydrogen) atoms. The summed E-state index contributed by atoms with van der Waals surface area (Å²) >= 11 is 5.83. The Hall–Kier alpha value is -2.53. The second-order valence-electron chi connectivity index (χ2n) is 6.77. The molecular weight excluding hydrogens is 449 g/mol. The molecule has 2 aromatic carbocycles. The highest BCUT2D eigenvalue weighted by molar-refractivity contribution is 7.89. The molecule has 0 aromatic heterocycles. The minimum Gasteiger partial charge on any atom is -0.360 e. The second-order valence-corrected chi connectivity index (χ2v) is 9.09. The van der Waals surface area contributed by atoms with Crippen LogP contribution in [0.25, 0.3) is 0 Å².